The normalized spacial score (nSPS) is 23.7. The molecule has 2 heteroatoms. The number of carbonyl (C=O) groups excluding carboxylic acids is 1. The second-order valence-electron chi connectivity index (χ2n) is 5.05. The van der Waals surface area contributed by atoms with Gasteiger partial charge in [-0.1, -0.05) is 28.1 Å². The molecule has 0 atom stereocenters. The van der Waals surface area contributed by atoms with Gasteiger partial charge in [0.05, 0.1) is 0 Å². The van der Waals surface area contributed by atoms with Gasteiger partial charge in [-0.25, -0.2) is 0 Å². The molecule has 1 aromatic carbocycles. The van der Waals surface area contributed by atoms with Crippen LogP contribution in [0.15, 0.2) is 28.7 Å². The maximum absolute atomic E-state index is 11.0. The van der Waals surface area contributed by atoms with Gasteiger partial charge in [0, 0.05) is 17.3 Å². The third-order valence-corrected chi connectivity index (χ3v) is 4.32. The highest BCUT2D eigenvalue weighted by Crippen LogP contribution is 2.60. The minimum absolute atomic E-state index is 0.421. The number of Topliss-reactive ketones (excluding diaryl/α,β-unsaturated/α-hetero) is 1. The first-order valence-electron chi connectivity index (χ1n) is 5.44. The molecule has 2 aliphatic carbocycles. The van der Waals surface area contributed by atoms with E-state index in [1.54, 1.807) is 0 Å². The minimum Gasteiger partial charge on any atom is -0.300 e. The fraction of sp³-hybridized carbons (Fsp3) is 0.462. The molecular formula is C13H13BrO. The Bertz CT molecular complexity index is 408. The second kappa shape index (κ2) is 3.18. The van der Waals surface area contributed by atoms with Crippen molar-refractivity contribution in [3.8, 4) is 0 Å². The minimum atomic E-state index is 0.421. The molecule has 0 aliphatic heterocycles. The Balaban J connectivity index is 1.70. The summed E-state index contributed by atoms with van der Waals surface area (Å²) in [6.07, 6.45) is 4.12. The Kier molecular flexibility index (Phi) is 2.03. The summed E-state index contributed by atoms with van der Waals surface area (Å²) in [7, 11) is 0. The van der Waals surface area contributed by atoms with E-state index < -0.39 is 0 Å². The van der Waals surface area contributed by atoms with Crippen molar-refractivity contribution in [2.24, 2.45) is 5.41 Å². The molecule has 0 aromatic heterocycles. The van der Waals surface area contributed by atoms with Crippen LogP contribution in [0, 0.1) is 5.41 Å². The van der Waals surface area contributed by atoms with E-state index >= 15 is 0 Å². The van der Waals surface area contributed by atoms with Crippen LogP contribution in [0.1, 0.15) is 37.2 Å². The van der Waals surface area contributed by atoms with Gasteiger partial charge in [0.25, 0.3) is 0 Å². The van der Waals surface area contributed by atoms with Crippen LogP contribution in [0.4, 0.5) is 0 Å². The molecule has 2 saturated carbocycles. The van der Waals surface area contributed by atoms with Crippen molar-refractivity contribution in [3.63, 3.8) is 0 Å². The number of hydrogen-bond donors (Lipinski definition) is 0. The molecule has 2 fully saturated rings. The van der Waals surface area contributed by atoms with E-state index in [0.717, 1.165) is 17.3 Å². The summed E-state index contributed by atoms with van der Waals surface area (Å²) in [5.74, 6) is 1.15. The van der Waals surface area contributed by atoms with Crippen LogP contribution in [-0.4, -0.2) is 5.78 Å². The highest BCUT2D eigenvalue weighted by molar-refractivity contribution is 9.10. The monoisotopic (exact) mass is 264 g/mol. The first kappa shape index (κ1) is 9.59. The first-order valence-corrected chi connectivity index (χ1v) is 6.23. The van der Waals surface area contributed by atoms with E-state index in [1.807, 2.05) is 0 Å². The number of ketones is 1. The molecule has 0 bridgehead atoms. The molecule has 15 heavy (non-hydrogen) atoms. The van der Waals surface area contributed by atoms with Gasteiger partial charge < -0.3 is 0 Å². The first-order chi connectivity index (χ1) is 7.17. The lowest BCUT2D eigenvalue weighted by atomic mass is 9.50. The van der Waals surface area contributed by atoms with Crippen molar-refractivity contribution in [2.75, 3.05) is 0 Å². The molecule has 1 spiro atoms. The molecule has 0 saturated heterocycles. The summed E-state index contributed by atoms with van der Waals surface area (Å²) < 4.78 is 1.16. The second-order valence-corrected chi connectivity index (χ2v) is 5.97. The van der Waals surface area contributed by atoms with Gasteiger partial charge in [-0.05, 0) is 41.9 Å². The van der Waals surface area contributed by atoms with Crippen molar-refractivity contribution in [1.29, 1.82) is 0 Å². The molecule has 78 valence electrons. The summed E-state index contributed by atoms with van der Waals surface area (Å²) in [5, 5.41) is 0. The molecule has 0 radical (unpaired) electrons. The van der Waals surface area contributed by atoms with Crippen molar-refractivity contribution in [2.45, 2.75) is 31.6 Å². The lowest BCUT2D eigenvalue weighted by molar-refractivity contribution is -0.139. The van der Waals surface area contributed by atoms with Gasteiger partial charge in [0.1, 0.15) is 5.78 Å². The van der Waals surface area contributed by atoms with Gasteiger partial charge in [0.15, 0.2) is 0 Å². The van der Waals surface area contributed by atoms with Gasteiger partial charge in [-0.2, -0.15) is 0 Å². The average Bonchev–Trinajstić information content (AvgIpc) is 2.08. The fourth-order valence-electron chi connectivity index (χ4n) is 3.06. The Labute approximate surface area is 98.0 Å². The van der Waals surface area contributed by atoms with Crippen LogP contribution in [0.3, 0.4) is 0 Å². The number of halogens is 1. The Morgan fingerprint density at radius 1 is 1.27 bits per heavy atom. The standard InChI is InChI=1S/C13H13BrO/c14-11-3-1-2-9(4-11)10-5-13(6-10)7-12(15)8-13/h1-4,10H,5-8H2. The molecule has 3 rings (SSSR count). The number of hydrogen-bond acceptors (Lipinski definition) is 1. The smallest absolute Gasteiger partial charge is 0.134 e. The summed E-state index contributed by atoms with van der Waals surface area (Å²) in [6, 6.07) is 8.56. The number of carbonyl (C=O) groups is 1. The predicted molar refractivity (Wildman–Crippen MR) is 62.8 cm³/mol. The van der Waals surface area contributed by atoms with E-state index in [-0.39, 0.29) is 0 Å². The lowest BCUT2D eigenvalue weighted by Crippen LogP contribution is -2.46. The summed E-state index contributed by atoms with van der Waals surface area (Å²) >= 11 is 3.50. The number of rotatable bonds is 1. The molecule has 1 aromatic rings. The highest BCUT2D eigenvalue weighted by atomic mass is 79.9. The average molecular weight is 265 g/mol. The molecule has 0 heterocycles. The van der Waals surface area contributed by atoms with E-state index in [2.05, 4.69) is 40.2 Å². The molecule has 1 nitrogen and oxygen atoms in total. The zero-order chi connectivity index (χ0) is 10.5. The maximum Gasteiger partial charge on any atom is 0.134 e. The van der Waals surface area contributed by atoms with Crippen LogP contribution < -0.4 is 0 Å². The lowest BCUT2D eigenvalue weighted by Gasteiger charge is -2.53. The number of benzene rings is 1. The molecule has 2 aliphatic rings. The van der Waals surface area contributed by atoms with Gasteiger partial charge in [-0.15, -0.1) is 0 Å². The largest absolute Gasteiger partial charge is 0.300 e. The van der Waals surface area contributed by atoms with Crippen LogP contribution in [0.2, 0.25) is 0 Å². The van der Waals surface area contributed by atoms with E-state index in [1.165, 1.54) is 18.4 Å². The van der Waals surface area contributed by atoms with Gasteiger partial charge in [-0.3, -0.25) is 4.79 Å². The Morgan fingerprint density at radius 2 is 2.00 bits per heavy atom. The fourth-order valence-corrected chi connectivity index (χ4v) is 3.47. The molecule has 0 unspecified atom stereocenters. The summed E-state index contributed by atoms with van der Waals surface area (Å²) in [4.78, 5) is 11.0. The summed E-state index contributed by atoms with van der Waals surface area (Å²) in [6.45, 7) is 0. The van der Waals surface area contributed by atoms with Crippen molar-refractivity contribution in [1.82, 2.24) is 0 Å². The maximum atomic E-state index is 11.0. The van der Waals surface area contributed by atoms with Gasteiger partial charge >= 0.3 is 0 Å². The van der Waals surface area contributed by atoms with E-state index in [0.29, 0.717) is 17.1 Å². The third kappa shape index (κ3) is 1.55. The van der Waals surface area contributed by atoms with Crippen molar-refractivity contribution in [3.05, 3.63) is 34.3 Å². The highest BCUT2D eigenvalue weighted by Gasteiger charge is 2.52. The molecular weight excluding hydrogens is 252 g/mol. The van der Waals surface area contributed by atoms with Crippen molar-refractivity contribution >= 4 is 21.7 Å². The van der Waals surface area contributed by atoms with Crippen LogP contribution in [-0.2, 0) is 4.79 Å². The molecule has 0 N–H and O–H groups in total. The predicted octanol–water partition coefficient (Wildman–Crippen LogP) is 3.68. The quantitative estimate of drug-likeness (QED) is 0.757. The SMILES string of the molecule is O=C1CC2(C1)CC(c1cccc(Br)c1)C2. The Hall–Kier alpha value is -0.630. The van der Waals surface area contributed by atoms with Crippen LogP contribution in [0.5, 0.6) is 0 Å². The van der Waals surface area contributed by atoms with Crippen LogP contribution >= 0.6 is 15.9 Å². The van der Waals surface area contributed by atoms with Crippen molar-refractivity contribution < 1.29 is 4.79 Å². The van der Waals surface area contributed by atoms with Crippen LogP contribution in [0.25, 0.3) is 0 Å². The topological polar surface area (TPSA) is 17.1 Å². The van der Waals surface area contributed by atoms with Gasteiger partial charge in [0.2, 0.25) is 0 Å². The zero-order valence-electron chi connectivity index (χ0n) is 8.50. The van der Waals surface area contributed by atoms with E-state index in [9.17, 15) is 4.79 Å². The molecule has 0 amide bonds. The Morgan fingerprint density at radius 3 is 2.60 bits per heavy atom. The van der Waals surface area contributed by atoms with E-state index in [4.69, 9.17) is 0 Å². The zero-order valence-corrected chi connectivity index (χ0v) is 10.1. The summed E-state index contributed by atoms with van der Waals surface area (Å²) in [5.41, 5.74) is 1.85. The third-order valence-electron chi connectivity index (χ3n) is 3.82.